The van der Waals surface area contributed by atoms with Crippen LogP contribution < -0.4 is 0 Å². The van der Waals surface area contributed by atoms with Crippen LogP contribution in [-0.4, -0.2) is 47.8 Å². The highest BCUT2D eigenvalue weighted by Gasteiger charge is 2.26. The van der Waals surface area contributed by atoms with E-state index in [-0.39, 0.29) is 11.5 Å². The summed E-state index contributed by atoms with van der Waals surface area (Å²) < 4.78 is 26.8. The molecule has 4 nitrogen and oxygen atoms in total. The van der Waals surface area contributed by atoms with Gasteiger partial charge in [0.1, 0.15) is 11.6 Å². The fourth-order valence-corrected chi connectivity index (χ4v) is 3.01. The number of rotatable bonds is 3. The van der Waals surface area contributed by atoms with Gasteiger partial charge in [-0.1, -0.05) is 19.1 Å². The molecule has 0 atom stereocenters. The highest BCUT2D eigenvalue weighted by molar-refractivity contribution is 5.96. The largest absolute Gasteiger partial charge is 0.335 e. The molecule has 1 saturated heterocycles. The fourth-order valence-electron chi connectivity index (χ4n) is 3.01. The molecule has 26 heavy (non-hydrogen) atoms. The molecule has 0 spiro atoms. The van der Waals surface area contributed by atoms with E-state index in [2.05, 4.69) is 6.92 Å². The first kappa shape index (κ1) is 18.0. The Morgan fingerprint density at radius 2 is 1.46 bits per heavy atom. The Morgan fingerprint density at radius 1 is 0.885 bits per heavy atom. The molecule has 136 valence electrons. The molecule has 6 heteroatoms. The minimum atomic E-state index is -0.871. The summed E-state index contributed by atoms with van der Waals surface area (Å²) in [5, 5.41) is 0. The van der Waals surface area contributed by atoms with Crippen molar-refractivity contribution in [2.45, 2.75) is 13.3 Å². The Bertz CT molecular complexity index is 813. The molecule has 0 saturated carbocycles. The average Bonchev–Trinajstić information content (AvgIpc) is 2.67. The van der Waals surface area contributed by atoms with Gasteiger partial charge in [-0.3, -0.25) is 9.59 Å². The van der Waals surface area contributed by atoms with Crippen molar-refractivity contribution in [2.75, 3.05) is 26.2 Å². The van der Waals surface area contributed by atoms with Gasteiger partial charge in [0.05, 0.1) is 5.56 Å². The summed E-state index contributed by atoms with van der Waals surface area (Å²) in [6.45, 7) is 3.44. The molecular formula is C20H20F2N2O2. The zero-order valence-corrected chi connectivity index (χ0v) is 14.5. The average molecular weight is 358 g/mol. The summed E-state index contributed by atoms with van der Waals surface area (Å²) in [6.07, 6.45) is 0.912. The van der Waals surface area contributed by atoms with Crippen LogP contribution in [0.4, 0.5) is 8.78 Å². The van der Waals surface area contributed by atoms with Crippen molar-refractivity contribution >= 4 is 11.8 Å². The Labute approximate surface area is 151 Å². The van der Waals surface area contributed by atoms with Crippen molar-refractivity contribution in [3.05, 3.63) is 70.8 Å². The van der Waals surface area contributed by atoms with Gasteiger partial charge in [0.25, 0.3) is 11.8 Å². The number of piperazine rings is 1. The molecule has 3 rings (SSSR count). The van der Waals surface area contributed by atoms with Gasteiger partial charge in [-0.15, -0.1) is 0 Å². The number of amides is 2. The quantitative estimate of drug-likeness (QED) is 0.846. The van der Waals surface area contributed by atoms with Gasteiger partial charge in [-0.2, -0.15) is 0 Å². The van der Waals surface area contributed by atoms with Crippen LogP contribution >= 0.6 is 0 Å². The topological polar surface area (TPSA) is 40.6 Å². The van der Waals surface area contributed by atoms with Gasteiger partial charge < -0.3 is 9.80 Å². The lowest BCUT2D eigenvalue weighted by molar-refractivity contribution is 0.0532. The van der Waals surface area contributed by atoms with E-state index >= 15 is 0 Å². The van der Waals surface area contributed by atoms with E-state index in [1.54, 1.807) is 4.90 Å². The third-order valence-electron chi connectivity index (χ3n) is 4.62. The zero-order chi connectivity index (χ0) is 18.7. The molecule has 2 aromatic rings. The number of carbonyl (C=O) groups excluding carboxylic acids is 2. The molecule has 0 aromatic heterocycles. The first-order valence-corrected chi connectivity index (χ1v) is 8.62. The molecule has 0 aliphatic carbocycles. The maximum Gasteiger partial charge on any atom is 0.256 e. The Hall–Kier alpha value is -2.76. The van der Waals surface area contributed by atoms with Crippen LogP contribution in [0.15, 0.2) is 42.5 Å². The van der Waals surface area contributed by atoms with E-state index in [9.17, 15) is 18.4 Å². The first-order valence-electron chi connectivity index (χ1n) is 8.62. The molecule has 1 heterocycles. The number of hydrogen-bond acceptors (Lipinski definition) is 2. The first-order chi connectivity index (χ1) is 12.5. The number of hydrogen-bond donors (Lipinski definition) is 0. The van der Waals surface area contributed by atoms with E-state index < -0.39 is 17.5 Å². The van der Waals surface area contributed by atoms with Gasteiger partial charge >= 0.3 is 0 Å². The molecule has 2 amide bonds. The molecule has 1 aliphatic heterocycles. The summed E-state index contributed by atoms with van der Waals surface area (Å²) >= 11 is 0. The van der Waals surface area contributed by atoms with Crippen LogP contribution in [0.5, 0.6) is 0 Å². The minimum absolute atomic E-state index is 0.0762. The van der Waals surface area contributed by atoms with Crippen LogP contribution in [0, 0.1) is 11.6 Å². The van der Waals surface area contributed by atoms with Crippen molar-refractivity contribution in [2.24, 2.45) is 0 Å². The Balaban J connectivity index is 1.63. The summed E-state index contributed by atoms with van der Waals surface area (Å²) in [5.74, 6) is -2.15. The van der Waals surface area contributed by atoms with Crippen molar-refractivity contribution in [3.8, 4) is 0 Å². The molecule has 0 bridgehead atoms. The zero-order valence-electron chi connectivity index (χ0n) is 14.5. The highest BCUT2D eigenvalue weighted by Crippen LogP contribution is 2.15. The van der Waals surface area contributed by atoms with Gasteiger partial charge in [-0.05, 0) is 36.2 Å². The predicted molar refractivity (Wildman–Crippen MR) is 94.0 cm³/mol. The van der Waals surface area contributed by atoms with Gasteiger partial charge in [0.15, 0.2) is 0 Å². The predicted octanol–water partition coefficient (Wildman–Crippen LogP) is 3.13. The van der Waals surface area contributed by atoms with Crippen molar-refractivity contribution in [1.29, 1.82) is 0 Å². The number of carbonyl (C=O) groups is 2. The number of benzene rings is 2. The van der Waals surface area contributed by atoms with Gasteiger partial charge in [-0.25, -0.2) is 8.78 Å². The Kier molecular flexibility index (Phi) is 5.30. The molecular weight excluding hydrogens is 338 g/mol. The summed E-state index contributed by atoms with van der Waals surface area (Å²) in [5.41, 5.74) is 1.63. The molecule has 2 aromatic carbocycles. The van der Waals surface area contributed by atoms with E-state index in [0.29, 0.717) is 37.8 Å². The van der Waals surface area contributed by atoms with Crippen LogP contribution in [0.1, 0.15) is 33.2 Å². The summed E-state index contributed by atoms with van der Waals surface area (Å²) in [4.78, 5) is 28.1. The standard InChI is InChI=1S/C20H20F2N2O2/c1-2-14-3-5-15(6-4-14)19(25)23-9-11-24(12-10-23)20(26)17-8-7-16(21)13-18(17)22/h3-8,13H,2,9-12H2,1H3. The highest BCUT2D eigenvalue weighted by atomic mass is 19.1. The number of halogens is 2. The van der Waals surface area contributed by atoms with E-state index in [1.807, 2.05) is 24.3 Å². The summed E-state index contributed by atoms with van der Waals surface area (Å²) in [7, 11) is 0. The van der Waals surface area contributed by atoms with Gasteiger partial charge in [0.2, 0.25) is 0 Å². The minimum Gasteiger partial charge on any atom is -0.335 e. The second kappa shape index (κ2) is 7.64. The normalized spacial score (nSPS) is 14.4. The fraction of sp³-hybridized carbons (Fsp3) is 0.300. The lowest BCUT2D eigenvalue weighted by Crippen LogP contribution is -2.50. The molecule has 1 fully saturated rings. The van der Waals surface area contributed by atoms with Crippen LogP contribution in [0.3, 0.4) is 0 Å². The van der Waals surface area contributed by atoms with E-state index in [1.165, 1.54) is 10.5 Å². The number of aryl methyl sites for hydroxylation is 1. The van der Waals surface area contributed by atoms with Crippen LogP contribution in [-0.2, 0) is 6.42 Å². The lowest BCUT2D eigenvalue weighted by Gasteiger charge is -2.35. The Morgan fingerprint density at radius 3 is 2.00 bits per heavy atom. The smallest absolute Gasteiger partial charge is 0.256 e. The second-order valence-electron chi connectivity index (χ2n) is 6.26. The van der Waals surface area contributed by atoms with Gasteiger partial charge in [0, 0.05) is 37.8 Å². The maximum absolute atomic E-state index is 13.8. The van der Waals surface area contributed by atoms with E-state index in [4.69, 9.17) is 0 Å². The second-order valence-corrected chi connectivity index (χ2v) is 6.26. The molecule has 1 aliphatic rings. The molecule has 0 unspecified atom stereocenters. The van der Waals surface area contributed by atoms with E-state index in [0.717, 1.165) is 18.6 Å². The summed E-state index contributed by atoms with van der Waals surface area (Å²) in [6, 6.07) is 10.4. The van der Waals surface area contributed by atoms with Crippen molar-refractivity contribution in [3.63, 3.8) is 0 Å². The van der Waals surface area contributed by atoms with Crippen molar-refractivity contribution in [1.82, 2.24) is 9.80 Å². The molecule has 0 N–H and O–H groups in total. The lowest BCUT2D eigenvalue weighted by atomic mass is 10.1. The number of nitrogens with zero attached hydrogens (tertiary/aromatic N) is 2. The van der Waals surface area contributed by atoms with Crippen molar-refractivity contribution < 1.29 is 18.4 Å². The SMILES string of the molecule is CCc1ccc(C(=O)N2CCN(C(=O)c3ccc(F)cc3F)CC2)cc1. The van der Waals surface area contributed by atoms with Crippen LogP contribution in [0.25, 0.3) is 0 Å². The maximum atomic E-state index is 13.8. The third-order valence-corrected chi connectivity index (χ3v) is 4.62. The monoisotopic (exact) mass is 358 g/mol. The third kappa shape index (κ3) is 3.74. The molecule has 0 radical (unpaired) electrons. The van der Waals surface area contributed by atoms with Crippen LogP contribution in [0.2, 0.25) is 0 Å².